The van der Waals surface area contributed by atoms with Crippen molar-refractivity contribution in [3.63, 3.8) is 0 Å². The lowest BCUT2D eigenvalue weighted by atomic mass is 9.96. The van der Waals surface area contributed by atoms with Crippen LogP contribution in [0.3, 0.4) is 0 Å². The van der Waals surface area contributed by atoms with E-state index in [1.54, 1.807) is 0 Å². The molecule has 1 fully saturated rings. The molecule has 3 rings (SSSR count). The van der Waals surface area contributed by atoms with Gasteiger partial charge in [0.1, 0.15) is 0 Å². The normalized spacial score (nSPS) is 18.0. The average Bonchev–Trinajstić information content (AvgIpc) is 2.65. The Morgan fingerprint density at radius 1 is 1.12 bits per heavy atom. The number of rotatable bonds is 6. The highest BCUT2D eigenvalue weighted by Gasteiger charge is 2.25. The van der Waals surface area contributed by atoms with Crippen molar-refractivity contribution in [3.8, 4) is 0 Å². The molecule has 4 heteroatoms. The van der Waals surface area contributed by atoms with Gasteiger partial charge < -0.3 is 5.32 Å². The fourth-order valence-corrected chi connectivity index (χ4v) is 3.60. The standard InChI is InChI=1S/C21H25ClN2O/c22-20-11-5-4-9-18(20)15-24-14-6-10-19(16-24)21(25)23-13-12-17-7-2-1-3-8-17/h1-5,7-9,11,19H,6,10,12-16H2,(H,23,25)/t19-/m0/s1. The van der Waals surface area contributed by atoms with Gasteiger partial charge >= 0.3 is 0 Å². The van der Waals surface area contributed by atoms with Crippen LogP contribution in [-0.4, -0.2) is 30.4 Å². The number of carbonyl (C=O) groups is 1. The molecule has 1 aliphatic rings. The molecular formula is C21H25ClN2O. The Morgan fingerprint density at radius 2 is 1.88 bits per heavy atom. The molecule has 0 saturated carbocycles. The Labute approximate surface area is 155 Å². The van der Waals surface area contributed by atoms with E-state index in [1.807, 2.05) is 36.4 Å². The second kappa shape index (κ2) is 9.02. The first kappa shape index (κ1) is 18.0. The molecule has 0 aromatic heterocycles. The zero-order valence-corrected chi connectivity index (χ0v) is 15.2. The predicted octanol–water partition coefficient (Wildman–Crippen LogP) is 3.91. The molecule has 1 amide bonds. The minimum Gasteiger partial charge on any atom is -0.355 e. The summed E-state index contributed by atoms with van der Waals surface area (Å²) in [6, 6.07) is 18.2. The van der Waals surface area contributed by atoms with Crippen LogP contribution in [0, 0.1) is 5.92 Å². The maximum Gasteiger partial charge on any atom is 0.224 e. The first-order valence-electron chi connectivity index (χ1n) is 9.00. The van der Waals surface area contributed by atoms with Crippen LogP contribution in [-0.2, 0) is 17.8 Å². The quantitative estimate of drug-likeness (QED) is 0.851. The minimum absolute atomic E-state index is 0.0759. The van der Waals surface area contributed by atoms with E-state index >= 15 is 0 Å². The van der Waals surface area contributed by atoms with Crippen LogP contribution < -0.4 is 5.32 Å². The number of nitrogens with one attached hydrogen (secondary N) is 1. The van der Waals surface area contributed by atoms with Crippen LogP contribution in [0.2, 0.25) is 5.02 Å². The van der Waals surface area contributed by atoms with E-state index in [-0.39, 0.29) is 11.8 Å². The molecule has 3 nitrogen and oxygen atoms in total. The summed E-state index contributed by atoms with van der Waals surface area (Å²) in [7, 11) is 0. The summed E-state index contributed by atoms with van der Waals surface area (Å²) in [5.74, 6) is 0.256. The third kappa shape index (κ3) is 5.32. The van der Waals surface area contributed by atoms with E-state index in [0.717, 1.165) is 49.5 Å². The molecule has 2 aromatic carbocycles. The molecule has 0 spiro atoms. The summed E-state index contributed by atoms with van der Waals surface area (Å²) >= 11 is 6.26. The lowest BCUT2D eigenvalue weighted by molar-refractivity contribution is -0.126. The van der Waals surface area contributed by atoms with Gasteiger partial charge in [0.25, 0.3) is 0 Å². The molecule has 0 bridgehead atoms. The molecule has 132 valence electrons. The van der Waals surface area contributed by atoms with E-state index in [2.05, 4.69) is 28.4 Å². The van der Waals surface area contributed by atoms with E-state index in [0.29, 0.717) is 6.54 Å². The van der Waals surface area contributed by atoms with Crippen LogP contribution in [0.15, 0.2) is 54.6 Å². The summed E-state index contributed by atoms with van der Waals surface area (Å²) in [6.07, 6.45) is 2.90. The summed E-state index contributed by atoms with van der Waals surface area (Å²) in [6.45, 7) is 3.35. The SMILES string of the molecule is O=C(NCCc1ccccc1)[C@H]1CCCN(Cc2ccccc2Cl)C1. The van der Waals surface area contributed by atoms with Gasteiger partial charge in [-0.15, -0.1) is 0 Å². The zero-order chi connectivity index (χ0) is 17.5. The predicted molar refractivity (Wildman–Crippen MR) is 103 cm³/mol. The Kier molecular flexibility index (Phi) is 6.48. The second-order valence-corrected chi connectivity index (χ2v) is 7.10. The van der Waals surface area contributed by atoms with Gasteiger partial charge in [0.2, 0.25) is 5.91 Å². The average molecular weight is 357 g/mol. The summed E-state index contributed by atoms with van der Waals surface area (Å²) < 4.78 is 0. The maximum absolute atomic E-state index is 12.5. The summed E-state index contributed by atoms with van der Waals surface area (Å²) in [5, 5.41) is 3.91. The fraction of sp³-hybridized carbons (Fsp3) is 0.381. The van der Waals surface area contributed by atoms with E-state index in [1.165, 1.54) is 5.56 Å². The number of hydrogen-bond donors (Lipinski definition) is 1. The van der Waals surface area contributed by atoms with Gasteiger partial charge in [-0.05, 0) is 43.0 Å². The van der Waals surface area contributed by atoms with Crippen molar-refractivity contribution in [2.75, 3.05) is 19.6 Å². The van der Waals surface area contributed by atoms with Crippen molar-refractivity contribution in [2.24, 2.45) is 5.92 Å². The van der Waals surface area contributed by atoms with Crippen LogP contribution in [0.4, 0.5) is 0 Å². The summed E-state index contributed by atoms with van der Waals surface area (Å²) in [4.78, 5) is 14.8. The lowest BCUT2D eigenvalue weighted by Crippen LogP contribution is -2.43. The Morgan fingerprint density at radius 3 is 2.68 bits per heavy atom. The number of halogens is 1. The number of likely N-dealkylation sites (tertiary alicyclic amines) is 1. The van der Waals surface area contributed by atoms with Gasteiger partial charge in [0.05, 0.1) is 5.92 Å². The van der Waals surface area contributed by atoms with Crippen molar-refractivity contribution >= 4 is 17.5 Å². The number of benzene rings is 2. The van der Waals surface area contributed by atoms with Crippen LogP contribution in [0.25, 0.3) is 0 Å². The molecule has 1 saturated heterocycles. The number of amides is 1. The van der Waals surface area contributed by atoms with E-state index in [4.69, 9.17) is 11.6 Å². The zero-order valence-electron chi connectivity index (χ0n) is 14.5. The third-order valence-corrected chi connectivity index (χ3v) is 5.15. The molecule has 0 radical (unpaired) electrons. The molecule has 1 heterocycles. The molecule has 2 aromatic rings. The van der Waals surface area contributed by atoms with Crippen LogP contribution in [0.1, 0.15) is 24.0 Å². The molecule has 0 aliphatic carbocycles. The van der Waals surface area contributed by atoms with Crippen molar-refractivity contribution in [1.29, 1.82) is 0 Å². The summed E-state index contributed by atoms with van der Waals surface area (Å²) in [5.41, 5.74) is 2.39. The molecule has 1 atom stereocenters. The minimum atomic E-state index is 0.0759. The van der Waals surface area contributed by atoms with Gasteiger partial charge in [0, 0.05) is 24.7 Å². The number of carbonyl (C=O) groups excluding carboxylic acids is 1. The Bertz CT molecular complexity index is 689. The Hall–Kier alpha value is -1.84. The maximum atomic E-state index is 12.5. The van der Waals surface area contributed by atoms with Crippen molar-refractivity contribution in [3.05, 3.63) is 70.7 Å². The van der Waals surface area contributed by atoms with Crippen molar-refractivity contribution < 1.29 is 4.79 Å². The first-order chi connectivity index (χ1) is 12.2. The highest BCUT2D eigenvalue weighted by atomic mass is 35.5. The van der Waals surface area contributed by atoms with Crippen LogP contribution >= 0.6 is 11.6 Å². The highest BCUT2D eigenvalue weighted by Crippen LogP contribution is 2.22. The molecule has 1 N–H and O–H groups in total. The van der Waals surface area contributed by atoms with Gasteiger partial charge in [-0.1, -0.05) is 60.1 Å². The Balaban J connectivity index is 1.47. The monoisotopic (exact) mass is 356 g/mol. The smallest absolute Gasteiger partial charge is 0.224 e. The lowest BCUT2D eigenvalue weighted by Gasteiger charge is -2.32. The number of nitrogens with zero attached hydrogens (tertiary/aromatic N) is 1. The molecule has 25 heavy (non-hydrogen) atoms. The fourth-order valence-electron chi connectivity index (χ4n) is 3.40. The topological polar surface area (TPSA) is 32.3 Å². The third-order valence-electron chi connectivity index (χ3n) is 4.78. The van der Waals surface area contributed by atoms with Gasteiger partial charge in [-0.2, -0.15) is 0 Å². The van der Waals surface area contributed by atoms with Crippen LogP contribution in [0.5, 0.6) is 0 Å². The van der Waals surface area contributed by atoms with Crippen molar-refractivity contribution in [2.45, 2.75) is 25.8 Å². The van der Waals surface area contributed by atoms with E-state index in [9.17, 15) is 4.79 Å². The highest BCUT2D eigenvalue weighted by molar-refractivity contribution is 6.31. The molecule has 0 unspecified atom stereocenters. The number of piperidine rings is 1. The van der Waals surface area contributed by atoms with E-state index < -0.39 is 0 Å². The van der Waals surface area contributed by atoms with Gasteiger partial charge in [0.15, 0.2) is 0 Å². The molecule has 1 aliphatic heterocycles. The second-order valence-electron chi connectivity index (χ2n) is 6.69. The van der Waals surface area contributed by atoms with Gasteiger partial charge in [-0.25, -0.2) is 0 Å². The largest absolute Gasteiger partial charge is 0.355 e. The van der Waals surface area contributed by atoms with Gasteiger partial charge in [-0.3, -0.25) is 9.69 Å². The number of hydrogen-bond acceptors (Lipinski definition) is 2. The van der Waals surface area contributed by atoms with Crippen molar-refractivity contribution in [1.82, 2.24) is 10.2 Å². The first-order valence-corrected chi connectivity index (χ1v) is 9.37. The molecular weight excluding hydrogens is 332 g/mol.